The van der Waals surface area contributed by atoms with Crippen molar-refractivity contribution in [3.05, 3.63) is 40.4 Å². The summed E-state index contributed by atoms with van der Waals surface area (Å²) in [5.41, 5.74) is 7.18. The van der Waals surface area contributed by atoms with Crippen molar-refractivity contribution in [2.24, 2.45) is 11.7 Å². The Labute approximate surface area is 181 Å². The van der Waals surface area contributed by atoms with Crippen molar-refractivity contribution in [2.45, 2.75) is 54.1 Å². The van der Waals surface area contributed by atoms with Gasteiger partial charge in [-0.3, -0.25) is 0 Å². The van der Waals surface area contributed by atoms with Crippen LogP contribution in [-0.2, 0) is 6.18 Å². The summed E-state index contributed by atoms with van der Waals surface area (Å²) in [6.45, 7) is 0.694. The maximum Gasteiger partial charge on any atom is 0.416 e. The van der Waals surface area contributed by atoms with Gasteiger partial charge in [-0.25, -0.2) is 0 Å². The molecule has 3 nitrogen and oxygen atoms in total. The van der Waals surface area contributed by atoms with Crippen molar-refractivity contribution < 1.29 is 13.2 Å². The smallest absolute Gasteiger partial charge is 0.381 e. The summed E-state index contributed by atoms with van der Waals surface area (Å²) in [6, 6.07) is 8.40. The summed E-state index contributed by atoms with van der Waals surface area (Å²) in [5, 5.41) is 6.76. The second kappa shape index (κ2) is 8.40. The molecule has 0 unspecified atom stereocenters. The summed E-state index contributed by atoms with van der Waals surface area (Å²) in [6.07, 6.45) is 0.665. The normalized spacial score (nSPS) is 21.1. The topological polar surface area (TPSA) is 50.1 Å². The largest absolute Gasteiger partial charge is 0.416 e. The minimum absolute atomic E-state index is 0.173. The zero-order chi connectivity index (χ0) is 20.6. The Morgan fingerprint density at radius 3 is 2.55 bits per heavy atom. The summed E-state index contributed by atoms with van der Waals surface area (Å²) in [7, 11) is 0. The SMILES string of the molecule is NCCC1CCC(Nc2cc(C(F)(F)F)cc3c2Nc2cc(Br)ccc2S3)CC1. The first-order chi connectivity index (χ1) is 13.8. The fourth-order valence-corrected chi connectivity index (χ4v) is 5.50. The van der Waals surface area contributed by atoms with Crippen LogP contribution in [0.4, 0.5) is 30.2 Å². The molecule has 2 aliphatic rings. The maximum absolute atomic E-state index is 13.5. The number of hydrogen-bond acceptors (Lipinski definition) is 4. The first kappa shape index (κ1) is 20.9. The predicted molar refractivity (Wildman–Crippen MR) is 116 cm³/mol. The number of hydrogen-bond donors (Lipinski definition) is 3. The fraction of sp³-hybridized carbons (Fsp3) is 0.429. The van der Waals surface area contributed by atoms with Crippen molar-refractivity contribution in [3.8, 4) is 0 Å². The van der Waals surface area contributed by atoms with Crippen molar-refractivity contribution in [3.63, 3.8) is 0 Å². The van der Waals surface area contributed by atoms with Gasteiger partial charge < -0.3 is 16.4 Å². The molecule has 0 aromatic heterocycles. The number of benzene rings is 2. The minimum Gasteiger partial charge on any atom is -0.381 e. The van der Waals surface area contributed by atoms with Crippen LogP contribution in [0.2, 0.25) is 0 Å². The average Bonchev–Trinajstić information content (AvgIpc) is 2.67. The van der Waals surface area contributed by atoms with Gasteiger partial charge in [0.25, 0.3) is 0 Å². The molecule has 0 amide bonds. The molecular formula is C21H23BrF3N3S. The van der Waals surface area contributed by atoms with Gasteiger partial charge in [-0.15, -0.1) is 0 Å². The van der Waals surface area contributed by atoms with E-state index in [9.17, 15) is 13.2 Å². The number of fused-ring (bicyclic) bond motifs is 2. The van der Waals surface area contributed by atoms with Gasteiger partial charge in [0.1, 0.15) is 0 Å². The molecule has 0 bridgehead atoms. The third-order valence-corrected chi connectivity index (χ3v) is 7.24. The molecule has 8 heteroatoms. The molecule has 0 saturated heterocycles. The summed E-state index contributed by atoms with van der Waals surface area (Å²) < 4.78 is 41.5. The summed E-state index contributed by atoms with van der Waals surface area (Å²) in [5.74, 6) is 0.631. The van der Waals surface area contributed by atoms with E-state index in [-0.39, 0.29) is 6.04 Å². The van der Waals surface area contributed by atoms with Crippen LogP contribution in [0.1, 0.15) is 37.7 Å². The molecule has 2 aromatic rings. The molecule has 1 fully saturated rings. The number of nitrogens with two attached hydrogens (primary N) is 1. The number of rotatable bonds is 4. The van der Waals surface area contributed by atoms with E-state index in [1.54, 1.807) is 0 Å². The van der Waals surface area contributed by atoms with Gasteiger partial charge in [0.05, 0.1) is 22.6 Å². The molecule has 1 aliphatic heterocycles. The molecular weight excluding hydrogens is 463 g/mol. The van der Waals surface area contributed by atoms with Crippen LogP contribution in [0.3, 0.4) is 0 Å². The van der Waals surface area contributed by atoms with Gasteiger partial charge in [0, 0.05) is 20.3 Å². The molecule has 29 heavy (non-hydrogen) atoms. The van der Waals surface area contributed by atoms with Gasteiger partial charge in [-0.05, 0) is 74.9 Å². The van der Waals surface area contributed by atoms with Crippen LogP contribution in [0, 0.1) is 5.92 Å². The number of nitrogens with one attached hydrogen (secondary N) is 2. The Kier molecular flexibility index (Phi) is 6.04. The van der Waals surface area contributed by atoms with Crippen LogP contribution in [-0.4, -0.2) is 12.6 Å². The second-order valence-corrected chi connectivity index (χ2v) is 9.70. The van der Waals surface area contributed by atoms with Crippen LogP contribution in [0.15, 0.2) is 44.6 Å². The van der Waals surface area contributed by atoms with E-state index in [0.717, 1.165) is 52.8 Å². The standard InChI is InChI=1S/C21H23BrF3N3S/c22-14-3-6-18-16(11-14)28-20-17(9-13(21(23,24)25)10-19(20)29-18)27-15-4-1-12(2-5-15)7-8-26/h3,6,9-12,15,27-28H,1-2,4-5,7-8,26H2. The fourth-order valence-electron chi connectivity index (χ4n) is 4.10. The van der Waals surface area contributed by atoms with E-state index < -0.39 is 11.7 Å². The molecule has 1 saturated carbocycles. The lowest BCUT2D eigenvalue weighted by Gasteiger charge is -2.32. The van der Waals surface area contributed by atoms with Gasteiger partial charge in [0.15, 0.2) is 0 Å². The molecule has 156 valence electrons. The molecule has 4 rings (SSSR count). The lowest BCUT2D eigenvalue weighted by Crippen LogP contribution is -2.27. The molecule has 1 aliphatic carbocycles. The monoisotopic (exact) mass is 485 g/mol. The lowest BCUT2D eigenvalue weighted by atomic mass is 9.84. The zero-order valence-electron chi connectivity index (χ0n) is 15.8. The molecule has 1 heterocycles. The third kappa shape index (κ3) is 4.70. The van der Waals surface area contributed by atoms with E-state index in [4.69, 9.17) is 5.73 Å². The quantitative estimate of drug-likeness (QED) is 0.372. The first-order valence-electron chi connectivity index (χ1n) is 9.80. The van der Waals surface area contributed by atoms with Gasteiger partial charge >= 0.3 is 6.18 Å². The van der Waals surface area contributed by atoms with Crippen molar-refractivity contribution in [1.82, 2.24) is 0 Å². The van der Waals surface area contributed by atoms with Crippen LogP contribution in [0.5, 0.6) is 0 Å². The highest BCUT2D eigenvalue weighted by molar-refractivity contribution is 9.10. The van der Waals surface area contributed by atoms with E-state index in [0.29, 0.717) is 23.0 Å². The Hall–Kier alpha value is -1.38. The second-order valence-electron chi connectivity index (χ2n) is 7.70. The zero-order valence-corrected chi connectivity index (χ0v) is 18.2. The van der Waals surface area contributed by atoms with E-state index in [2.05, 4.69) is 26.6 Å². The van der Waals surface area contributed by atoms with Crippen LogP contribution < -0.4 is 16.4 Å². The molecule has 0 spiro atoms. The van der Waals surface area contributed by atoms with E-state index in [1.165, 1.54) is 23.9 Å². The average molecular weight is 486 g/mol. The Morgan fingerprint density at radius 1 is 1.10 bits per heavy atom. The minimum atomic E-state index is -4.38. The molecule has 4 N–H and O–H groups in total. The van der Waals surface area contributed by atoms with Crippen molar-refractivity contribution in [1.29, 1.82) is 0 Å². The number of alkyl halides is 3. The molecule has 0 atom stereocenters. The van der Waals surface area contributed by atoms with Crippen molar-refractivity contribution in [2.75, 3.05) is 17.2 Å². The first-order valence-corrected chi connectivity index (χ1v) is 11.4. The van der Waals surface area contributed by atoms with Gasteiger partial charge in [-0.2, -0.15) is 13.2 Å². The highest BCUT2D eigenvalue weighted by Crippen LogP contribution is 2.50. The van der Waals surface area contributed by atoms with Gasteiger partial charge in [0.2, 0.25) is 0 Å². The molecule has 0 radical (unpaired) electrons. The molecule has 2 aromatic carbocycles. The van der Waals surface area contributed by atoms with Crippen LogP contribution in [0.25, 0.3) is 0 Å². The third-order valence-electron chi connectivity index (χ3n) is 5.63. The maximum atomic E-state index is 13.5. The van der Waals surface area contributed by atoms with E-state index >= 15 is 0 Å². The number of halogens is 4. The van der Waals surface area contributed by atoms with Crippen LogP contribution >= 0.6 is 27.7 Å². The Morgan fingerprint density at radius 2 is 1.86 bits per heavy atom. The highest BCUT2D eigenvalue weighted by atomic mass is 79.9. The lowest BCUT2D eigenvalue weighted by molar-refractivity contribution is -0.137. The van der Waals surface area contributed by atoms with Crippen molar-refractivity contribution >= 4 is 44.8 Å². The highest BCUT2D eigenvalue weighted by Gasteiger charge is 2.34. The summed E-state index contributed by atoms with van der Waals surface area (Å²) >= 11 is 4.83. The Bertz CT molecular complexity index is 895. The van der Waals surface area contributed by atoms with E-state index in [1.807, 2.05) is 18.2 Å². The predicted octanol–water partition coefficient (Wildman–Crippen LogP) is 7.00. The van der Waals surface area contributed by atoms with Gasteiger partial charge in [-0.1, -0.05) is 27.7 Å². The Balaban J connectivity index is 1.63. The number of anilines is 3. The summed E-state index contributed by atoms with van der Waals surface area (Å²) in [4.78, 5) is 1.50.